The molecule has 0 bridgehead atoms. The van der Waals surface area contributed by atoms with Crippen LogP contribution in [0.5, 0.6) is 0 Å². The highest BCUT2D eigenvalue weighted by Crippen LogP contribution is 2.40. The Hall–Kier alpha value is -1.45. The van der Waals surface area contributed by atoms with Gasteiger partial charge in [0.05, 0.1) is 23.6 Å². The molecule has 0 aromatic carbocycles. The van der Waals surface area contributed by atoms with Crippen molar-refractivity contribution in [2.24, 2.45) is 0 Å². The fourth-order valence-corrected chi connectivity index (χ4v) is 2.90. The van der Waals surface area contributed by atoms with E-state index in [4.69, 9.17) is 4.74 Å². The molecule has 3 unspecified atom stereocenters. The van der Waals surface area contributed by atoms with Gasteiger partial charge in [-0.2, -0.15) is 0 Å². The first-order valence-electron chi connectivity index (χ1n) is 9.88. The Labute approximate surface area is 152 Å². The third-order valence-electron chi connectivity index (χ3n) is 4.52. The van der Waals surface area contributed by atoms with Gasteiger partial charge in [0, 0.05) is 0 Å². The molecule has 0 radical (unpaired) electrons. The van der Waals surface area contributed by atoms with Crippen LogP contribution in [0, 0.1) is 0 Å². The van der Waals surface area contributed by atoms with Gasteiger partial charge < -0.3 is 9.84 Å². The van der Waals surface area contributed by atoms with E-state index in [0.29, 0.717) is 12.5 Å². The molecule has 0 aliphatic carbocycles. The first-order chi connectivity index (χ1) is 12.2. The van der Waals surface area contributed by atoms with Crippen LogP contribution < -0.4 is 0 Å². The number of nitrogens with zero attached hydrogens (tertiary/aromatic N) is 1. The molecule has 1 fully saturated rings. The summed E-state index contributed by atoms with van der Waals surface area (Å²) in [4.78, 5) is 4.65. The lowest BCUT2D eigenvalue weighted by atomic mass is 10.1. The minimum absolute atomic E-state index is 0.163. The van der Waals surface area contributed by atoms with Crippen molar-refractivity contribution in [3.05, 3.63) is 47.8 Å². The molecule has 3 atom stereocenters. The molecule has 1 aliphatic heterocycles. The number of ether oxygens (including phenoxy) is 1. The fourth-order valence-electron chi connectivity index (χ4n) is 2.90. The van der Waals surface area contributed by atoms with Crippen LogP contribution >= 0.6 is 0 Å². The summed E-state index contributed by atoms with van der Waals surface area (Å²) in [7, 11) is 0. The Kier molecular flexibility index (Phi) is 8.92. The third kappa shape index (κ3) is 7.54. The molecule has 0 spiro atoms. The SMILES string of the molecule is CCCCC/C=C/CC(O)/C=C/c1cccc(C2OC2CCCC)n1. The second-order valence-corrected chi connectivity index (χ2v) is 6.85. The lowest BCUT2D eigenvalue weighted by Gasteiger charge is -2.02. The Morgan fingerprint density at radius 3 is 2.80 bits per heavy atom. The highest BCUT2D eigenvalue weighted by atomic mass is 16.6. The fraction of sp³-hybridized carbons (Fsp3) is 0.591. The molecule has 1 aromatic heterocycles. The first-order valence-corrected chi connectivity index (χ1v) is 9.88. The highest BCUT2D eigenvalue weighted by molar-refractivity contribution is 5.45. The van der Waals surface area contributed by atoms with Crippen molar-refractivity contribution in [2.45, 2.75) is 83.5 Å². The van der Waals surface area contributed by atoms with Gasteiger partial charge in [0.1, 0.15) is 6.10 Å². The predicted molar refractivity (Wildman–Crippen MR) is 104 cm³/mol. The number of hydrogen-bond acceptors (Lipinski definition) is 3. The average molecular weight is 344 g/mol. The maximum Gasteiger partial charge on any atom is 0.126 e. The minimum atomic E-state index is -0.456. The van der Waals surface area contributed by atoms with Gasteiger partial charge in [0.15, 0.2) is 0 Å². The van der Waals surface area contributed by atoms with Crippen molar-refractivity contribution < 1.29 is 9.84 Å². The molecular weight excluding hydrogens is 310 g/mol. The van der Waals surface area contributed by atoms with E-state index in [2.05, 4.69) is 31.0 Å². The van der Waals surface area contributed by atoms with E-state index < -0.39 is 6.10 Å². The summed E-state index contributed by atoms with van der Waals surface area (Å²) in [5.74, 6) is 0. The zero-order valence-electron chi connectivity index (χ0n) is 15.7. The number of allylic oxidation sites excluding steroid dienone is 1. The van der Waals surface area contributed by atoms with Crippen molar-refractivity contribution in [1.82, 2.24) is 4.98 Å². The maximum absolute atomic E-state index is 10.1. The van der Waals surface area contributed by atoms with Gasteiger partial charge in [0.2, 0.25) is 0 Å². The monoisotopic (exact) mass is 343 g/mol. The summed E-state index contributed by atoms with van der Waals surface area (Å²) < 4.78 is 5.73. The Balaban J connectivity index is 1.76. The van der Waals surface area contributed by atoms with Crippen molar-refractivity contribution in [2.75, 3.05) is 0 Å². The number of pyridine rings is 1. The van der Waals surface area contributed by atoms with E-state index in [9.17, 15) is 5.11 Å². The molecule has 138 valence electrons. The molecule has 1 saturated heterocycles. The number of aliphatic hydroxyl groups is 1. The lowest BCUT2D eigenvalue weighted by Crippen LogP contribution is -1.99. The Bertz CT molecular complexity index is 553. The number of aliphatic hydroxyl groups excluding tert-OH is 1. The smallest absolute Gasteiger partial charge is 0.126 e. The number of rotatable bonds is 12. The molecule has 2 rings (SSSR count). The summed E-state index contributed by atoms with van der Waals surface area (Å²) in [6.07, 6.45) is 17.1. The first kappa shape index (κ1) is 19.9. The number of unbranched alkanes of at least 4 members (excludes halogenated alkanes) is 4. The van der Waals surface area contributed by atoms with Crippen molar-refractivity contribution in [3.8, 4) is 0 Å². The molecule has 1 N–H and O–H groups in total. The topological polar surface area (TPSA) is 45.6 Å². The number of hydrogen-bond donors (Lipinski definition) is 1. The van der Waals surface area contributed by atoms with Crippen LogP contribution in [0.4, 0.5) is 0 Å². The molecule has 3 heteroatoms. The van der Waals surface area contributed by atoms with Crippen LogP contribution in [-0.2, 0) is 4.74 Å². The summed E-state index contributed by atoms with van der Waals surface area (Å²) in [5.41, 5.74) is 1.89. The third-order valence-corrected chi connectivity index (χ3v) is 4.52. The van der Waals surface area contributed by atoms with Crippen LogP contribution in [0.1, 0.15) is 82.7 Å². The summed E-state index contributed by atoms with van der Waals surface area (Å²) in [6, 6.07) is 6.01. The average Bonchev–Trinajstić information content (AvgIpc) is 3.41. The van der Waals surface area contributed by atoms with Crippen molar-refractivity contribution >= 4 is 6.08 Å². The van der Waals surface area contributed by atoms with Gasteiger partial charge in [-0.1, -0.05) is 63.8 Å². The van der Waals surface area contributed by atoms with Gasteiger partial charge in [-0.25, -0.2) is 0 Å². The van der Waals surface area contributed by atoms with E-state index in [1.165, 1.54) is 32.1 Å². The number of epoxide rings is 1. The van der Waals surface area contributed by atoms with Crippen molar-refractivity contribution in [3.63, 3.8) is 0 Å². The molecule has 1 aromatic rings. The molecule has 2 heterocycles. The molecule has 25 heavy (non-hydrogen) atoms. The normalized spacial score (nSPS) is 21.2. The van der Waals surface area contributed by atoms with Crippen LogP contribution in [0.3, 0.4) is 0 Å². The van der Waals surface area contributed by atoms with E-state index in [1.54, 1.807) is 0 Å². The largest absolute Gasteiger partial charge is 0.389 e. The Morgan fingerprint density at radius 2 is 2.00 bits per heavy atom. The molecule has 0 saturated carbocycles. The van der Waals surface area contributed by atoms with Gasteiger partial charge in [-0.3, -0.25) is 4.98 Å². The van der Waals surface area contributed by atoms with Crippen LogP contribution in [-0.4, -0.2) is 22.3 Å². The van der Waals surface area contributed by atoms with Crippen LogP contribution in [0.2, 0.25) is 0 Å². The summed E-state index contributed by atoms with van der Waals surface area (Å²) >= 11 is 0. The zero-order chi connectivity index (χ0) is 17.9. The maximum atomic E-state index is 10.1. The van der Waals surface area contributed by atoms with Gasteiger partial charge >= 0.3 is 0 Å². The van der Waals surface area contributed by atoms with Gasteiger partial charge in [-0.15, -0.1) is 0 Å². The number of aromatic nitrogens is 1. The second kappa shape index (κ2) is 11.2. The molecule has 1 aliphatic rings. The quantitative estimate of drug-likeness (QED) is 0.305. The van der Waals surface area contributed by atoms with Crippen molar-refractivity contribution in [1.29, 1.82) is 0 Å². The molecule has 0 amide bonds. The van der Waals surface area contributed by atoms with E-state index in [1.807, 2.05) is 30.4 Å². The highest BCUT2D eigenvalue weighted by Gasteiger charge is 2.40. The lowest BCUT2D eigenvalue weighted by molar-refractivity contribution is 0.227. The van der Waals surface area contributed by atoms with Gasteiger partial charge in [-0.05, 0) is 43.9 Å². The summed E-state index contributed by atoms with van der Waals surface area (Å²) in [5, 5.41) is 10.1. The molecular formula is C22H33NO2. The Morgan fingerprint density at radius 1 is 1.16 bits per heavy atom. The van der Waals surface area contributed by atoms with E-state index >= 15 is 0 Å². The van der Waals surface area contributed by atoms with E-state index in [0.717, 1.165) is 24.2 Å². The molecule has 3 nitrogen and oxygen atoms in total. The van der Waals surface area contributed by atoms with Gasteiger partial charge in [0.25, 0.3) is 0 Å². The predicted octanol–water partition coefficient (Wildman–Crippen LogP) is 5.61. The zero-order valence-corrected chi connectivity index (χ0v) is 15.7. The summed E-state index contributed by atoms with van der Waals surface area (Å²) in [6.45, 7) is 4.41. The van der Waals surface area contributed by atoms with Crippen LogP contribution in [0.25, 0.3) is 6.08 Å². The van der Waals surface area contributed by atoms with E-state index in [-0.39, 0.29) is 6.10 Å². The minimum Gasteiger partial charge on any atom is -0.389 e. The van der Waals surface area contributed by atoms with Crippen LogP contribution in [0.15, 0.2) is 36.4 Å². The standard InChI is InChI=1S/C22H33NO2/c1-3-5-7-8-9-10-13-19(24)17-16-18-12-11-14-20(23-18)22-21(25-22)15-6-4-2/h9-12,14,16-17,19,21-22,24H,3-8,13,15H2,1-2H3/b10-9+,17-16+. The second-order valence-electron chi connectivity index (χ2n) is 6.85.